The standard InChI is InChI=1S/C11H16BrN3O5/c1-20-3-2-13-4-8(16)5-14-6-9(12)11(17)10(7-14)15(18)19/h6-8,13,16H,2-5H2,1H3. The van der Waals surface area contributed by atoms with Gasteiger partial charge in [-0.15, -0.1) is 0 Å². The Hall–Kier alpha value is -1.29. The van der Waals surface area contributed by atoms with Crippen molar-refractivity contribution in [2.45, 2.75) is 12.6 Å². The van der Waals surface area contributed by atoms with Crippen LogP contribution in [0, 0.1) is 10.1 Å². The lowest BCUT2D eigenvalue weighted by Crippen LogP contribution is -2.32. The van der Waals surface area contributed by atoms with Crippen molar-refractivity contribution in [2.24, 2.45) is 0 Å². The molecule has 0 spiro atoms. The summed E-state index contributed by atoms with van der Waals surface area (Å²) in [6.07, 6.45) is 1.79. The number of hydrogen-bond donors (Lipinski definition) is 2. The van der Waals surface area contributed by atoms with Gasteiger partial charge in [0, 0.05) is 32.9 Å². The average molecular weight is 350 g/mol. The Morgan fingerprint density at radius 2 is 2.30 bits per heavy atom. The molecule has 0 bridgehead atoms. The van der Waals surface area contributed by atoms with Gasteiger partial charge in [-0.2, -0.15) is 0 Å². The fourth-order valence-corrected chi connectivity index (χ4v) is 2.03. The Morgan fingerprint density at radius 1 is 1.60 bits per heavy atom. The normalized spacial score (nSPS) is 12.3. The molecular weight excluding hydrogens is 334 g/mol. The smallest absolute Gasteiger partial charge is 0.333 e. The molecule has 0 saturated carbocycles. The summed E-state index contributed by atoms with van der Waals surface area (Å²) in [6.45, 7) is 1.59. The summed E-state index contributed by atoms with van der Waals surface area (Å²) in [5.41, 5.74) is -1.21. The highest BCUT2D eigenvalue weighted by atomic mass is 79.9. The van der Waals surface area contributed by atoms with E-state index in [0.717, 1.165) is 6.20 Å². The predicted octanol–water partition coefficient (Wildman–Crippen LogP) is 0.116. The Morgan fingerprint density at radius 3 is 2.90 bits per heavy atom. The first kappa shape index (κ1) is 16.8. The minimum Gasteiger partial charge on any atom is -0.390 e. The summed E-state index contributed by atoms with van der Waals surface area (Å²) in [7, 11) is 1.58. The zero-order chi connectivity index (χ0) is 15.1. The molecule has 1 unspecified atom stereocenters. The summed E-state index contributed by atoms with van der Waals surface area (Å²) in [6, 6.07) is 0. The lowest BCUT2D eigenvalue weighted by molar-refractivity contribution is -0.386. The number of nitrogens with zero attached hydrogens (tertiary/aromatic N) is 2. The number of aliphatic hydroxyl groups is 1. The number of ether oxygens (including phenoxy) is 1. The zero-order valence-electron chi connectivity index (χ0n) is 10.9. The lowest BCUT2D eigenvalue weighted by atomic mass is 10.3. The zero-order valence-corrected chi connectivity index (χ0v) is 12.5. The molecule has 0 fully saturated rings. The number of aromatic nitrogens is 1. The van der Waals surface area contributed by atoms with Gasteiger partial charge < -0.3 is 19.7 Å². The molecule has 1 heterocycles. The van der Waals surface area contributed by atoms with Gasteiger partial charge in [0.15, 0.2) is 0 Å². The van der Waals surface area contributed by atoms with Gasteiger partial charge >= 0.3 is 5.69 Å². The lowest BCUT2D eigenvalue weighted by Gasteiger charge is -2.14. The summed E-state index contributed by atoms with van der Waals surface area (Å²) in [5.74, 6) is 0. The van der Waals surface area contributed by atoms with Gasteiger partial charge in [-0.05, 0) is 15.9 Å². The Kier molecular flexibility index (Phi) is 6.79. The van der Waals surface area contributed by atoms with Crippen LogP contribution in [0.4, 0.5) is 5.69 Å². The Balaban J connectivity index is 2.68. The van der Waals surface area contributed by atoms with Crippen molar-refractivity contribution < 1.29 is 14.8 Å². The molecule has 9 heteroatoms. The molecule has 20 heavy (non-hydrogen) atoms. The van der Waals surface area contributed by atoms with Crippen LogP contribution in [-0.4, -0.2) is 47.5 Å². The highest BCUT2D eigenvalue weighted by Gasteiger charge is 2.16. The molecule has 0 radical (unpaired) electrons. The topological polar surface area (TPSA) is 107 Å². The van der Waals surface area contributed by atoms with E-state index in [0.29, 0.717) is 19.7 Å². The molecule has 0 amide bonds. The number of rotatable bonds is 8. The number of pyridine rings is 1. The molecule has 1 rings (SSSR count). The van der Waals surface area contributed by atoms with Crippen molar-refractivity contribution in [3.8, 4) is 0 Å². The molecule has 0 aromatic carbocycles. The van der Waals surface area contributed by atoms with E-state index < -0.39 is 22.1 Å². The van der Waals surface area contributed by atoms with E-state index in [1.54, 1.807) is 7.11 Å². The highest BCUT2D eigenvalue weighted by Crippen LogP contribution is 2.11. The fraction of sp³-hybridized carbons (Fsp3) is 0.545. The molecule has 2 N–H and O–H groups in total. The van der Waals surface area contributed by atoms with E-state index in [1.165, 1.54) is 10.8 Å². The maximum absolute atomic E-state index is 11.5. The summed E-state index contributed by atoms with van der Waals surface area (Å²) < 4.78 is 6.35. The van der Waals surface area contributed by atoms with E-state index in [-0.39, 0.29) is 11.0 Å². The molecule has 1 atom stereocenters. The third-order valence-electron chi connectivity index (χ3n) is 2.50. The van der Waals surface area contributed by atoms with Crippen LogP contribution >= 0.6 is 15.9 Å². The van der Waals surface area contributed by atoms with Gasteiger partial charge in [-0.1, -0.05) is 0 Å². The molecule has 8 nitrogen and oxygen atoms in total. The average Bonchev–Trinajstić information content (AvgIpc) is 2.38. The van der Waals surface area contributed by atoms with Crippen molar-refractivity contribution in [1.82, 2.24) is 9.88 Å². The minimum atomic E-state index is -0.743. The summed E-state index contributed by atoms with van der Waals surface area (Å²) >= 11 is 2.98. The second-order valence-electron chi connectivity index (χ2n) is 4.13. The molecule has 1 aromatic rings. The third kappa shape index (κ3) is 5.00. The number of aliphatic hydroxyl groups excluding tert-OH is 1. The number of nitro groups is 1. The van der Waals surface area contributed by atoms with Crippen LogP contribution in [0.25, 0.3) is 0 Å². The van der Waals surface area contributed by atoms with Crippen molar-refractivity contribution in [3.05, 3.63) is 37.2 Å². The van der Waals surface area contributed by atoms with E-state index in [2.05, 4.69) is 21.2 Å². The molecule has 1 aromatic heterocycles. The van der Waals surface area contributed by atoms with Gasteiger partial charge in [-0.3, -0.25) is 14.9 Å². The van der Waals surface area contributed by atoms with Crippen LogP contribution in [0.5, 0.6) is 0 Å². The van der Waals surface area contributed by atoms with E-state index in [9.17, 15) is 20.0 Å². The second kappa shape index (κ2) is 8.10. The summed E-state index contributed by atoms with van der Waals surface area (Å²) in [5, 5.41) is 23.5. The molecule has 0 aliphatic carbocycles. The fourth-order valence-electron chi connectivity index (χ4n) is 1.57. The first-order valence-corrected chi connectivity index (χ1v) is 6.66. The van der Waals surface area contributed by atoms with Gasteiger partial charge in [0.2, 0.25) is 0 Å². The number of nitrogens with one attached hydrogen (secondary N) is 1. The van der Waals surface area contributed by atoms with Crippen LogP contribution < -0.4 is 10.7 Å². The molecule has 0 aliphatic heterocycles. The second-order valence-corrected chi connectivity index (χ2v) is 4.98. The molecule has 0 saturated heterocycles. The van der Waals surface area contributed by atoms with Crippen molar-refractivity contribution >= 4 is 21.6 Å². The van der Waals surface area contributed by atoms with Crippen LogP contribution in [0.15, 0.2) is 21.7 Å². The van der Waals surface area contributed by atoms with Crippen LogP contribution in [0.1, 0.15) is 0 Å². The van der Waals surface area contributed by atoms with Gasteiger partial charge in [0.1, 0.15) is 0 Å². The van der Waals surface area contributed by atoms with Crippen molar-refractivity contribution in [2.75, 3.05) is 26.8 Å². The molecular formula is C11H16BrN3O5. The third-order valence-corrected chi connectivity index (χ3v) is 3.06. The first-order chi connectivity index (χ1) is 9.45. The van der Waals surface area contributed by atoms with Crippen LogP contribution in [-0.2, 0) is 11.3 Å². The van der Waals surface area contributed by atoms with Gasteiger partial charge in [-0.25, -0.2) is 0 Å². The van der Waals surface area contributed by atoms with Crippen molar-refractivity contribution in [1.29, 1.82) is 0 Å². The quantitative estimate of drug-likeness (QED) is 0.392. The first-order valence-electron chi connectivity index (χ1n) is 5.87. The van der Waals surface area contributed by atoms with Crippen LogP contribution in [0.2, 0.25) is 0 Å². The summed E-state index contributed by atoms with van der Waals surface area (Å²) in [4.78, 5) is 21.5. The monoisotopic (exact) mass is 349 g/mol. The Labute approximate surface area is 123 Å². The Bertz CT molecular complexity index is 519. The van der Waals surface area contributed by atoms with E-state index in [4.69, 9.17) is 4.74 Å². The maximum Gasteiger partial charge on any atom is 0.333 e. The SMILES string of the molecule is COCCNCC(O)Cn1cc(Br)c(=O)c([N+](=O)[O-])c1. The van der Waals surface area contributed by atoms with Gasteiger partial charge in [0.25, 0.3) is 5.43 Å². The van der Waals surface area contributed by atoms with Crippen LogP contribution in [0.3, 0.4) is 0 Å². The molecule has 112 valence electrons. The molecule has 0 aliphatic rings. The van der Waals surface area contributed by atoms with Crippen molar-refractivity contribution in [3.63, 3.8) is 0 Å². The maximum atomic E-state index is 11.5. The van der Waals surface area contributed by atoms with Gasteiger partial charge in [0.05, 0.1) is 28.3 Å². The number of hydrogen-bond acceptors (Lipinski definition) is 6. The number of halogens is 1. The highest BCUT2D eigenvalue weighted by molar-refractivity contribution is 9.10. The minimum absolute atomic E-state index is 0.0891. The number of methoxy groups -OCH3 is 1. The predicted molar refractivity (Wildman–Crippen MR) is 75.8 cm³/mol. The largest absolute Gasteiger partial charge is 0.390 e. The van der Waals surface area contributed by atoms with E-state index >= 15 is 0 Å². The van der Waals surface area contributed by atoms with E-state index in [1.807, 2.05) is 0 Å².